The van der Waals surface area contributed by atoms with Gasteiger partial charge in [0.1, 0.15) is 0 Å². The van der Waals surface area contributed by atoms with E-state index in [1.807, 2.05) is 17.4 Å². The van der Waals surface area contributed by atoms with Crippen LogP contribution in [0, 0.1) is 5.92 Å². The first-order chi connectivity index (χ1) is 8.65. The zero-order valence-electron chi connectivity index (χ0n) is 11.9. The number of nitrogens with one attached hydrogen (secondary N) is 1. The molecule has 0 atom stereocenters. The van der Waals surface area contributed by atoms with Crippen molar-refractivity contribution in [3.63, 3.8) is 0 Å². The Morgan fingerprint density at radius 3 is 2.72 bits per heavy atom. The lowest BCUT2D eigenvalue weighted by Crippen LogP contribution is -2.22. The molecule has 1 aromatic heterocycles. The van der Waals surface area contributed by atoms with E-state index in [0.29, 0.717) is 5.92 Å². The van der Waals surface area contributed by atoms with Gasteiger partial charge >= 0.3 is 0 Å². The molecule has 0 fully saturated rings. The summed E-state index contributed by atoms with van der Waals surface area (Å²) in [5, 5.41) is 3.49. The van der Waals surface area contributed by atoms with Crippen molar-refractivity contribution < 1.29 is 0 Å². The van der Waals surface area contributed by atoms with Crippen LogP contribution in [0.5, 0.6) is 0 Å². The minimum Gasteiger partial charge on any atom is -0.312 e. The first-order valence-electron chi connectivity index (χ1n) is 6.77. The topological polar surface area (TPSA) is 15.3 Å². The van der Waals surface area contributed by atoms with Crippen LogP contribution in [0.3, 0.4) is 0 Å². The fourth-order valence-corrected chi connectivity index (χ4v) is 2.83. The second-order valence-electron chi connectivity index (χ2n) is 5.01. The number of likely N-dealkylation sites (N-methyl/N-ethyl adjacent to an activating group) is 1. The maximum absolute atomic E-state index is 3.80. The summed E-state index contributed by atoms with van der Waals surface area (Å²) in [6.07, 6.45) is 1.97. The minimum absolute atomic E-state index is 0.715. The van der Waals surface area contributed by atoms with Gasteiger partial charge < -0.3 is 5.32 Å². The molecule has 1 heterocycles. The molecule has 0 radical (unpaired) electrons. The van der Waals surface area contributed by atoms with Gasteiger partial charge in [0.25, 0.3) is 0 Å². The molecule has 0 saturated heterocycles. The zero-order valence-corrected chi connectivity index (χ0v) is 12.7. The normalized spacial score (nSPS) is 11.4. The maximum atomic E-state index is 3.80. The second kappa shape index (κ2) is 8.46. The average Bonchev–Trinajstić information content (AvgIpc) is 2.76. The van der Waals surface area contributed by atoms with Crippen molar-refractivity contribution in [3.05, 3.63) is 34.5 Å². The molecule has 18 heavy (non-hydrogen) atoms. The molecule has 0 saturated carbocycles. The van der Waals surface area contributed by atoms with Crippen molar-refractivity contribution in [1.29, 1.82) is 0 Å². The SMILES string of the molecule is C=CCN(CC)Cc1ccc(CNCC(C)C)s1. The molecule has 0 aliphatic rings. The van der Waals surface area contributed by atoms with Crippen molar-refractivity contribution in [2.45, 2.75) is 33.9 Å². The molecule has 1 rings (SSSR count). The van der Waals surface area contributed by atoms with Crippen LogP contribution >= 0.6 is 11.3 Å². The van der Waals surface area contributed by atoms with Gasteiger partial charge in [-0.25, -0.2) is 0 Å². The van der Waals surface area contributed by atoms with E-state index < -0.39 is 0 Å². The van der Waals surface area contributed by atoms with Crippen LogP contribution in [-0.2, 0) is 13.1 Å². The van der Waals surface area contributed by atoms with Gasteiger partial charge in [-0.2, -0.15) is 0 Å². The van der Waals surface area contributed by atoms with E-state index in [-0.39, 0.29) is 0 Å². The predicted octanol–water partition coefficient (Wildman–Crippen LogP) is 3.50. The third kappa shape index (κ3) is 5.80. The van der Waals surface area contributed by atoms with Crippen LogP contribution in [-0.4, -0.2) is 24.5 Å². The summed E-state index contributed by atoms with van der Waals surface area (Å²) in [5.74, 6) is 0.715. The quantitative estimate of drug-likeness (QED) is 0.688. The van der Waals surface area contributed by atoms with Gasteiger partial charge in [-0.15, -0.1) is 17.9 Å². The van der Waals surface area contributed by atoms with Crippen molar-refractivity contribution in [2.75, 3.05) is 19.6 Å². The Hall–Kier alpha value is -0.640. The Bertz CT molecular complexity index is 344. The summed E-state index contributed by atoms with van der Waals surface area (Å²) in [7, 11) is 0. The molecule has 0 unspecified atom stereocenters. The first kappa shape index (κ1) is 15.4. The molecule has 1 aromatic rings. The number of hydrogen-bond acceptors (Lipinski definition) is 3. The highest BCUT2D eigenvalue weighted by Crippen LogP contribution is 2.18. The van der Waals surface area contributed by atoms with E-state index in [1.54, 1.807) is 0 Å². The van der Waals surface area contributed by atoms with E-state index in [0.717, 1.165) is 32.7 Å². The molecular weight excluding hydrogens is 240 g/mol. The number of thiophene rings is 1. The molecule has 0 aliphatic heterocycles. The molecule has 1 N–H and O–H groups in total. The van der Waals surface area contributed by atoms with E-state index in [9.17, 15) is 0 Å². The average molecular weight is 266 g/mol. The molecule has 0 amide bonds. The smallest absolute Gasteiger partial charge is 0.0331 e. The molecule has 0 bridgehead atoms. The Balaban J connectivity index is 2.39. The third-order valence-corrected chi connectivity index (χ3v) is 3.85. The summed E-state index contributed by atoms with van der Waals surface area (Å²) in [5.41, 5.74) is 0. The first-order valence-corrected chi connectivity index (χ1v) is 7.58. The molecule has 2 nitrogen and oxygen atoms in total. The van der Waals surface area contributed by atoms with E-state index in [4.69, 9.17) is 0 Å². The minimum atomic E-state index is 0.715. The lowest BCUT2D eigenvalue weighted by molar-refractivity contribution is 0.314. The lowest BCUT2D eigenvalue weighted by atomic mass is 10.2. The molecule has 0 spiro atoms. The van der Waals surface area contributed by atoms with Crippen LogP contribution in [0.15, 0.2) is 24.8 Å². The van der Waals surface area contributed by atoms with Crippen LogP contribution in [0.2, 0.25) is 0 Å². The summed E-state index contributed by atoms with van der Waals surface area (Å²) in [4.78, 5) is 5.27. The van der Waals surface area contributed by atoms with Gasteiger partial charge in [0.05, 0.1) is 0 Å². The molecule has 3 heteroatoms. The highest BCUT2D eigenvalue weighted by atomic mass is 32.1. The van der Waals surface area contributed by atoms with Crippen molar-refractivity contribution in [3.8, 4) is 0 Å². The van der Waals surface area contributed by atoms with Crippen LogP contribution in [0.4, 0.5) is 0 Å². The predicted molar refractivity (Wildman–Crippen MR) is 82.0 cm³/mol. The maximum Gasteiger partial charge on any atom is 0.0331 e. The Kier molecular flexibility index (Phi) is 7.25. The van der Waals surface area contributed by atoms with Gasteiger partial charge in [0.2, 0.25) is 0 Å². The summed E-state index contributed by atoms with van der Waals surface area (Å²) in [6.45, 7) is 15.6. The lowest BCUT2D eigenvalue weighted by Gasteiger charge is -2.16. The third-order valence-electron chi connectivity index (χ3n) is 2.78. The second-order valence-corrected chi connectivity index (χ2v) is 6.26. The largest absolute Gasteiger partial charge is 0.312 e. The molecule has 0 aromatic carbocycles. The van der Waals surface area contributed by atoms with Gasteiger partial charge in [0.15, 0.2) is 0 Å². The highest BCUT2D eigenvalue weighted by molar-refractivity contribution is 7.11. The van der Waals surface area contributed by atoms with E-state index in [2.05, 4.69) is 49.7 Å². The number of hydrogen-bond donors (Lipinski definition) is 1. The van der Waals surface area contributed by atoms with Gasteiger partial charge in [-0.05, 0) is 31.1 Å². The number of nitrogens with zero attached hydrogens (tertiary/aromatic N) is 1. The fraction of sp³-hybridized carbons (Fsp3) is 0.600. The van der Waals surface area contributed by atoms with Gasteiger partial charge in [0, 0.05) is 29.4 Å². The van der Waals surface area contributed by atoms with Crippen molar-refractivity contribution >= 4 is 11.3 Å². The monoisotopic (exact) mass is 266 g/mol. The van der Waals surface area contributed by atoms with Crippen molar-refractivity contribution in [2.24, 2.45) is 5.92 Å². The standard InChI is InChI=1S/C15H26N2S/c1-5-9-17(6-2)12-15-8-7-14(18-15)11-16-10-13(3)4/h5,7-8,13,16H,1,6,9-12H2,2-4H3. The number of rotatable bonds is 9. The Morgan fingerprint density at radius 1 is 1.39 bits per heavy atom. The summed E-state index contributed by atoms with van der Waals surface area (Å²) >= 11 is 1.92. The summed E-state index contributed by atoms with van der Waals surface area (Å²) < 4.78 is 0. The zero-order chi connectivity index (χ0) is 13.4. The van der Waals surface area contributed by atoms with Crippen LogP contribution in [0.25, 0.3) is 0 Å². The van der Waals surface area contributed by atoms with Crippen molar-refractivity contribution in [1.82, 2.24) is 10.2 Å². The molecular formula is C15H26N2S. The Morgan fingerprint density at radius 2 is 2.11 bits per heavy atom. The van der Waals surface area contributed by atoms with Crippen LogP contribution < -0.4 is 5.32 Å². The van der Waals surface area contributed by atoms with Gasteiger partial charge in [-0.1, -0.05) is 26.8 Å². The molecule has 102 valence electrons. The van der Waals surface area contributed by atoms with E-state index >= 15 is 0 Å². The molecule has 0 aliphatic carbocycles. The summed E-state index contributed by atoms with van der Waals surface area (Å²) in [6, 6.07) is 4.50. The van der Waals surface area contributed by atoms with E-state index in [1.165, 1.54) is 9.75 Å². The van der Waals surface area contributed by atoms with Crippen LogP contribution in [0.1, 0.15) is 30.5 Å². The highest BCUT2D eigenvalue weighted by Gasteiger charge is 2.05. The fourth-order valence-electron chi connectivity index (χ4n) is 1.79. The van der Waals surface area contributed by atoms with Gasteiger partial charge in [-0.3, -0.25) is 4.90 Å². The Labute approximate surface area is 116 Å².